The van der Waals surface area contributed by atoms with Crippen LogP contribution < -0.4 is 0 Å². The number of halogens is 7. The lowest BCUT2D eigenvalue weighted by atomic mass is 11.5. The van der Waals surface area contributed by atoms with Crippen LogP contribution in [0.2, 0.25) is 0 Å². The van der Waals surface area contributed by atoms with Crippen LogP contribution in [0.25, 0.3) is 0 Å². The van der Waals surface area contributed by atoms with E-state index in [1.807, 2.05) is 0 Å². The second kappa shape index (κ2) is 2.58. The van der Waals surface area contributed by atoms with Crippen molar-refractivity contribution in [3.8, 4) is 0 Å². The fourth-order valence-electron chi connectivity index (χ4n) is 0.186. The third kappa shape index (κ3) is 2.75. The zero-order valence-electron chi connectivity index (χ0n) is 4.22. The summed E-state index contributed by atoms with van der Waals surface area (Å²) in [5.74, 6) is 0. The zero-order chi connectivity index (χ0) is 8.58. The van der Waals surface area contributed by atoms with E-state index in [2.05, 4.69) is 0 Å². The van der Waals surface area contributed by atoms with Gasteiger partial charge in [-0.15, -0.1) is 0 Å². The Morgan fingerprint density at radius 1 is 0.700 bits per heavy atom. The molecule has 0 aliphatic heterocycles. The zero-order valence-corrected chi connectivity index (χ0v) is 5.38. The number of alkyl halides is 6. The maximum absolute atomic E-state index is 11.3. The molecule has 0 fully saturated rings. The number of hydrogen-bond acceptors (Lipinski definition) is 0. The molecule has 0 amide bonds. The predicted octanol–water partition coefficient (Wildman–Crippen LogP) is 2.15. The van der Waals surface area contributed by atoms with Crippen molar-refractivity contribution < 1.29 is 29.9 Å². The highest BCUT2D eigenvalue weighted by Gasteiger charge is 2.69. The van der Waals surface area contributed by atoms with E-state index in [-0.39, 0.29) is 0 Å². The number of hydrogen-bond donors (Lipinski definition) is 0. The van der Waals surface area contributed by atoms with Gasteiger partial charge in [0, 0.05) is 0 Å². The average Bonchev–Trinajstić information content (AvgIpc) is 1.59. The molecule has 0 nitrogen and oxygen atoms in total. The van der Waals surface area contributed by atoms with Crippen molar-refractivity contribution in [1.29, 1.82) is 0 Å². The summed E-state index contributed by atoms with van der Waals surface area (Å²) in [6.45, 7) is 0. The van der Waals surface area contributed by atoms with Crippen LogP contribution >= 0.6 is 0 Å². The molecule has 0 radical (unpaired) electrons. The first-order chi connectivity index (χ1) is 4.15. The SMILES string of the molecule is [F][Al]([C](F)(F)F)[C](F)(F)F. The summed E-state index contributed by atoms with van der Waals surface area (Å²) >= 11 is -6.08. The van der Waals surface area contributed by atoms with Crippen molar-refractivity contribution in [1.82, 2.24) is 0 Å². The lowest BCUT2D eigenvalue weighted by molar-refractivity contribution is -0.114. The summed E-state index contributed by atoms with van der Waals surface area (Å²) in [5, 5.41) is -11.4. The van der Waals surface area contributed by atoms with E-state index >= 15 is 0 Å². The molecule has 0 saturated heterocycles. The Bertz CT molecular complexity index is 95.8. The second-order valence-corrected chi connectivity index (χ2v) is 3.48. The van der Waals surface area contributed by atoms with Crippen molar-refractivity contribution in [2.75, 3.05) is 0 Å². The van der Waals surface area contributed by atoms with Gasteiger partial charge in [-0.1, -0.05) is 0 Å². The van der Waals surface area contributed by atoms with Gasteiger partial charge in [-0.3, -0.25) is 0 Å². The standard InChI is InChI=1S/2CF3.Al.FH/c2*2-1(3)4;;/h;;;1H/q;;+1;/p-1. The molecule has 0 atom stereocenters. The molecule has 0 aliphatic rings. The molecule has 0 aromatic heterocycles. The molecule has 8 heteroatoms. The van der Waals surface area contributed by atoms with Crippen molar-refractivity contribution in [2.45, 2.75) is 10.1 Å². The third-order valence-corrected chi connectivity index (χ3v) is 1.72. The Morgan fingerprint density at radius 3 is 0.900 bits per heavy atom. The van der Waals surface area contributed by atoms with Crippen LogP contribution in [0.3, 0.4) is 0 Å². The summed E-state index contributed by atoms with van der Waals surface area (Å²) in [6.07, 6.45) is 0. The van der Waals surface area contributed by atoms with Gasteiger partial charge in [0.1, 0.15) is 0 Å². The second-order valence-electron chi connectivity index (χ2n) is 1.45. The highest BCUT2D eigenvalue weighted by Crippen LogP contribution is 2.31. The minimum atomic E-state index is -6.08. The molecule has 0 bridgehead atoms. The normalized spacial score (nSPS) is 13.5. The van der Waals surface area contributed by atoms with Gasteiger partial charge in [-0.25, -0.2) is 0 Å². The summed E-state index contributed by atoms with van der Waals surface area (Å²) in [5.41, 5.74) is 0. The molecule has 0 saturated carbocycles. The molecule has 10 heavy (non-hydrogen) atoms. The molecule has 0 aromatic rings. The van der Waals surface area contributed by atoms with E-state index in [0.29, 0.717) is 0 Å². The highest BCUT2D eigenvalue weighted by molar-refractivity contribution is 6.55. The first-order valence-corrected chi connectivity index (χ1v) is 3.52. The summed E-state index contributed by atoms with van der Waals surface area (Å²) in [7, 11) is 0. The van der Waals surface area contributed by atoms with Crippen molar-refractivity contribution >= 4 is 14.6 Å². The van der Waals surface area contributed by atoms with Crippen LogP contribution in [-0.4, -0.2) is 24.7 Å². The fraction of sp³-hybridized carbons (Fsp3) is 1.00. The Morgan fingerprint density at radius 2 is 0.900 bits per heavy atom. The van der Waals surface area contributed by atoms with E-state index in [1.54, 1.807) is 0 Å². The van der Waals surface area contributed by atoms with Crippen LogP contribution in [0.1, 0.15) is 0 Å². The fourth-order valence-corrected chi connectivity index (χ4v) is 0.557. The third-order valence-electron chi connectivity index (χ3n) is 0.575. The van der Waals surface area contributed by atoms with E-state index in [0.717, 1.165) is 0 Å². The van der Waals surface area contributed by atoms with Gasteiger partial charge in [-0.05, 0) is 0 Å². The van der Waals surface area contributed by atoms with Gasteiger partial charge in [0.25, 0.3) is 0 Å². The van der Waals surface area contributed by atoms with Gasteiger partial charge in [0.15, 0.2) is 0 Å². The van der Waals surface area contributed by atoms with Crippen LogP contribution in [0.15, 0.2) is 0 Å². The maximum atomic E-state index is 11.3. The van der Waals surface area contributed by atoms with Crippen molar-refractivity contribution in [3.05, 3.63) is 0 Å². The van der Waals surface area contributed by atoms with E-state index in [4.69, 9.17) is 0 Å². The Balaban J connectivity index is 4.23. The lowest BCUT2D eigenvalue weighted by Gasteiger charge is -2.09. The van der Waals surface area contributed by atoms with E-state index in [9.17, 15) is 29.9 Å². The molecule has 0 spiro atoms. The molecule has 0 heterocycles. The predicted molar refractivity (Wildman–Crippen MR) is 19.0 cm³/mol. The molecule has 0 aliphatic carbocycles. The minimum Gasteiger partial charge on any atom is -0.397 e. The lowest BCUT2D eigenvalue weighted by Crippen LogP contribution is -2.43. The molecule has 0 N–H and O–H groups in total. The van der Waals surface area contributed by atoms with Crippen molar-refractivity contribution in [3.63, 3.8) is 0 Å². The quantitative estimate of drug-likeness (QED) is 0.399. The van der Waals surface area contributed by atoms with E-state index < -0.39 is 24.7 Å². The molecule has 60 valence electrons. The Hall–Kier alpha value is 0.0425. The number of rotatable bonds is 0. The van der Waals surface area contributed by atoms with Gasteiger partial charge in [-0.2, -0.15) is 26.3 Å². The first-order valence-electron chi connectivity index (χ1n) is 1.93. The largest absolute Gasteiger partial charge is 0.799 e. The maximum Gasteiger partial charge on any atom is 0.799 e. The monoisotopic (exact) mass is 184 g/mol. The van der Waals surface area contributed by atoms with E-state index in [1.165, 1.54) is 0 Å². The molecular formula is C2AlF7. The molecular weight excluding hydrogens is 184 g/mol. The first kappa shape index (κ1) is 10.0. The average molecular weight is 184 g/mol. The highest BCUT2D eigenvalue weighted by atomic mass is 27.2. The minimum absolute atomic E-state index is 5.71. The molecule has 0 aromatic carbocycles. The van der Waals surface area contributed by atoms with Crippen LogP contribution in [-0.2, 0) is 0 Å². The van der Waals surface area contributed by atoms with Gasteiger partial charge >= 0.3 is 24.7 Å². The van der Waals surface area contributed by atoms with Gasteiger partial charge < -0.3 is 3.52 Å². The van der Waals surface area contributed by atoms with Gasteiger partial charge in [0.2, 0.25) is 0 Å². The topological polar surface area (TPSA) is 0 Å². The van der Waals surface area contributed by atoms with Gasteiger partial charge in [0.05, 0.1) is 0 Å². The summed E-state index contributed by atoms with van der Waals surface area (Å²) in [6, 6.07) is 0. The van der Waals surface area contributed by atoms with Crippen LogP contribution in [0.5, 0.6) is 0 Å². The summed E-state index contributed by atoms with van der Waals surface area (Å²) < 4.78 is 76.8. The molecule has 0 unspecified atom stereocenters. The van der Waals surface area contributed by atoms with Crippen molar-refractivity contribution in [2.24, 2.45) is 0 Å². The molecule has 0 rings (SSSR count). The summed E-state index contributed by atoms with van der Waals surface area (Å²) in [4.78, 5) is 0. The van der Waals surface area contributed by atoms with Crippen LogP contribution in [0.4, 0.5) is 29.9 Å². The van der Waals surface area contributed by atoms with Crippen LogP contribution in [0, 0.1) is 0 Å². The smallest absolute Gasteiger partial charge is 0.397 e. The Labute approximate surface area is 55.5 Å². The Kier molecular flexibility index (Phi) is 2.60.